The summed E-state index contributed by atoms with van der Waals surface area (Å²) >= 11 is 7.25. The number of benzene rings is 2. The van der Waals surface area contributed by atoms with E-state index < -0.39 is 0 Å². The van der Waals surface area contributed by atoms with Gasteiger partial charge < -0.3 is 9.26 Å². The van der Waals surface area contributed by atoms with E-state index in [0.29, 0.717) is 22.5 Å². The molecule has 4 aromatic rings. The highest BCUT2D eigenvalue weighted by Gasteiger charge is 2.16. The lowest BCUT2D eigenvalue weighted by atomic mass is 10.1. The molecule has 1 N–H and O–H groups in total. The minimum Gasteiger partial charge on any atom is -0.494 e. The van der Waals surface area contributed by atoms with Crippen molar-refractivity contribution in [1.82, 2.24) is 10.1 Å². The highest BCUT2D eigenvalue weighted by molar-refractivity contribution is 7.22. The zero-order valence-electron chi connectivity index (χ0n) is 14.2. The summed E-state index contributed by atoms with van der Waals surface area (Å²) in [6.07, 6.45) is 0. The molecular weight excluding hydrogens is 386 g/mol. The minimum atomic E-state index is -0.386. The Labute approximate surface area is 163 Å². The number of halogens is 1. The van der Waals surface area contributed by atoms with Gasteiger partial charge in [0, 0.05) is 16.7 Å². The third-order valence-electron chi connectivity index (χ3n) is 3.76. The zero-order chi connectivity index (χ0) is 18.8. The van der Waals surface area contributed by atoms with E-state index in [4.69, 9.17) is 20.9 Å². The molecule has 0 bridgehead atoms. The minimum absolute atomic E-state index is 0.175. The highest BCUT2D eigenvalue weighted by atomic mass is 35.5. The summed E-state index contributed by atoms with van der Waals surface area (Å²) in [6, 6.07) is 14.3. The molecule has 0 spiro atoms. The van der Waals surface area contributed by atoms with Gasteiger partial charge in [-0.05, 0) is 49.4 Å². The molecule has 2 aromatic heterocycles. The number of ether oxygens (including phenoxy) is 1. The Hall–Kier alpha value is -2.90. The lowest BCUT2D eigenvalue weighted by molar-refractivity contribution is 0.101. The van der Waals surface area contributed by atoms with Gasteiger partial charge in [0.05, 0.1) is 16.8 Å². The molecule has 0 radical (unpaired) electrons. The highest BCUT2D eigenvalue weighted by Crippen LogP contribution is 2.30. The van der Waals surface area contributed by atoms with E-state index in [0.717, 1.165) is 21.5 Å². The molecule has 0 fully saturated rings. The van der Waals surface area contributed by atoms with Crippen LogP contribution >= 0.6 is 22.9 Å². The van der Waals surface area contributed by atoms with Crippen LogP contribution in [0.4, 0.5) is 5.13 Å². The first kappa shape index (κ1) is 17.5. The van der Waals surface area contributed by atoms with E-state index in [1.165, 1.54) is 11.3 Å². The van der Waals surface area contributed by atoms with Gasteiger partial charge in [0.25, 0.3) is 5.91 Å². The molecule has 2 aromatic carbocycles. The van der Waals surface area contributed by atoms with E-state index in [1.807, 2.05) is 25.1 Å². The van der Waals surface area contributed by atoms with Crippen LogP contribution in [0, 0.1) is 0 Å². The van der Waals surface area contributed by atoms with Crippen LogP contribution in [0.1, 0.15) is 17.4 Å². The predicted molar refractivity (Wildman–Crippen MR) is 106 cm³/mol. The Morgan fingerprint density at radius 3 is 2.81 bits per heavy atom. The number of carbonyl (C=O) groups excluding carboxylic acids is 1. The van der Waals surface area contributed by atoms with Crippen LogP contribution in [-0.4, -0.2) is 22.7 Å². The number of hydrogen-bond donors (Lipinski definition) is 1. The topological polar surface area (TPSA) is 77.2 Å². The summed E-state index contributed by atoms with van der Waals surface area (Å²) in [6.45, 7) is 2.52. The number of nitrogens with one attached hydrogen (secondary N) is 1. The molecule has 136 valence electrons. The maximum atomic E-state index is 12.4. The number of aromatic nitrogens is 2. The van der Waals surface area contributed by atoms with E-state index in [-0.39, 0.29) is 11.6 Å². The van der Waals surface area contributed by atoms with Crippen LogP contribution in [0.15, 0.2) is 53.1 Å². The maximum absolute atomic E-state index is 12.4. The second-order valence-electron chi connectivity index (χ2n) is 5.62. The molecule has 2 heterocycles. The van der Waals surface area contributed by atoms with Gasteiger partial charge in [-0.15, -0.1) is 0 Å². The van der Waals surface area contributed by atoms with Gasteiger partial charge in [-0.25, -0.2) is 4.98 Å². The number of carbonyl (C=O) groups is 1. The SMILES string of the molecule is CCOc1ccc2nc(NC(=O)c3cc(-c4ccc(Cl)cc4)on3)sc2c1. The normalized spacial score (nSPS) is 10.9. The van der Waals surface area contributed by atoms with Crippen LogP contribution in [0.2, 0.25) is 5.02 Å². The van der Waals surface area contributed by atoms with E-state index in [2.05, 4.69) is 15.5 Å². The third-order valence-corrected chi connectivity index (χ3v) is 4.95. The number of thiazole rings is 1. The Balaban J connectivity index is 1.52. The zero-order valence-corrected chi connectivity index (χ0v) is 15.8. The van der Waals surface area contributed by atoms with Gasteiger partial charge in [-0.2, -0.15) is 0 Å². The molecule has 4 rings (SSSR count). The first-order chi connectivity index (χ1) is 13.1. The standard InChI is InChI=1S/C19H14ClN3O3S/c1-2-25-13-7-8-14-17(9-13)27-19(21-14)22-18(24)15-10-16(26-23-15)11-3-5-12(20)6-4-11/h3-10H,2H2,1H3,(H,21,22,24). The van der Waals surface area contributed by atoms with Gasteiger partial charge in [0.2, 0.25) is 0 Å². The average Bonchev–Trinajstić information content (AvgIpc) is 3.29. The van der Waals surface area contributed by atoms with Gasteiger partial charge in [0.1, 0.15) is 5.75 Å². The van der Waals surface area contributed by atoms with E-state index in [1.54, 1.807) is 30.3 Å². The first-order valence-electron chi connectivity index (χ1n) is 8.20. The fourth-order valence-electron chi connectivity index (χ4n) is 2.51. The maximum Gasteiger partial charge on any atom is 0.279 e. The largest absolute Gasteiger partial charge is 0.494 e. The van der Waals surface area contributed by atoms with Crippen molar-refractivity contribution in [3.63, 3.8) is 0 Å². The molecule has 6 nitrogen and oxygen atoms in total. The monoisotopic (exact) mass is 399 g/mol. The number of amides is 1. The number of hydrogen-bond acceptors (Lipinski definition) is 6. The molecule has 8 heteroatoms. The van der Waals surface area contributed by atoms with Crippen LogP contribution < -0.4 is 10.1 Å². The summed E-state index contributed by atoms with van der Waals surface area (Å²) in [5.74, 6) is 0.876. The molecule has 0 saturated carbocycles. The summed E-state index contributed by atoms with van der Waals surface area (Å²) in [4.78, 5) is 16.9. The van der Waals surface area contributed by atoms with Crippen LogP contribution in [0.25, 0.3) is 21.5 Å². The smallest absolute Gasteiger partial charge is 0.279 e. The molecule has 0 aliphatic heterocycles. The second kappa shape index (κ2) is 7.38. The molecule has 0 unspecified atom stereocenters. The second-order valence-corrected chi connectivity index (χ2v) is 7.09. The first-order valence-corrected chi connectivity index (χ1v) is 9.39. The average molecular weight is 400 g/mol. The van der Waals surface area contributed by atoms with Crippen LogP contribution in [-0.2, 0) is 0 Å². The lowest BCUT2D eigenvalue weighted by Crippen LogP contribution is -2.11. The summed E-state index contributed by atoms with van der Waals surface area (Å²) in [5, 5.41) is 7.71. The third kappa shape index (κ3) is 3.79. The van der Waals surface area contributed by atoms with Crippen molar-refractivity contribution in [3.8, 4) is 17.1 Å². The van der Waals surface area contributed by atoms with Crippen molar-refractivity contribution in [1.29, 1.82) is 0 Å². The van der Waals surface area contributed by atoms with Gasteiger partial charge >= 0.3 is 0 Å². The summed E-state index contributed by atoms with van der Waals surface area (Å²) in [7, 11) is 0. The molecule has 27 heavy (non-hydrogen) atoms. The Bertz CT molecular complexity index is 1110. The van der Waals surface area contributed by atoms with Crippen molar-refractivity contribution in [3.05, 3.63) is 59.2 Å². The predicted octanol–water partition coefficient (Wildman–Crippen LogP) is 5.26. The molecule has 1 amide bonds. The van der Waals surface area contributed by atoms with Gasteiger partial charge in [-0.3, -0.25) is 10.1 Å². The Kier molecular flexibility index (Phi) is 4.79. The molecule has 0 aliphatic rings. The summed E-state index contributed by atoms with van der Waals surface area (Å²) in [5.41, 5.74) is 1.75. The van der Waals surface area contributed by atoms with Crippen molar-refractivity contribution in [2.24, 2.45) is 0 Å². The van der Waals surface area contributed by atoms with Gasteiger partial charge in [-0.1, -0.05) is 28.1 Å². The number of nitrogens with zero attached hydrogens (tertiary/aromatic N) is 2. The number of anilines is 1. The quantitative estimate of drug-likeness (QED) is 0.495. The fourth-order valence-corrected chi connectivity index (χ4v) is 3.52. The van der Waals surface area contributed by atoms with E-state index >= 15 is 0 Å². The molecule has 0 saturated heterocycles. The summed E-state index contributed by atoms with van der Waals surface area (Å²) < 4.78 is 11.7. The van der Waals surface area contributed by atoms with Crippen molar-refractivity contribution in [2.75, 3.05) is 11.9 Å². The van der Waals surface area contributed by atoms with Crippen LogP contribution in [0.5, 0.6) is 5.75 Å². The van der Waals surface area contributed by atoms with Crippen LogP contribution in [0.3, 0.4) is 0 Å². The van der Waals surface area contributed by atoms with Gasteiger partial charge in [0.15, 0.2) is 16.6 Å². The van der Waals surface area contributed by atoms with E-state index in [9.17, 15) is 4.79 Å². The molecule has 0 atom stereocenters. The van der Waals surface area contributed by atoms with Crippen molar-refractivity contribution < 1.29 is 14.1 Å². The van der Waals surface area contributed by atoms with Crippen molar-refractivity contribution in [2.45, 2.75) is 6.92 Å². The number of fused-ring (bicyclic) bond motifs is 1. The van der Waals surface area contributed by atoms with Crippen molar-refractivity contribution >= 4 is 44.2 Å². The molecular formula is C19H14ClN3O3S. The fraction of sp³-hybridized carbons (Fsp3) is 0.105. The Morgan fingerprint density at radius 2 is 2.04 bits per heavy atom. The lowest BCUT2D eigenvalue weighted by Gasteiger charge is -2.00. The number of rotatable bonds is 5. The Morgan fingerprint density at radius 1 is 1.22 bits per heavy atom. The molecule has 0 aliphatic carbocycles.